The quantitative estimate of drug-likeness (QED) is 0.548. The van der Waals surface area contributed by atoms with Crippen molar-refractivity contribution in [2.24, 2.45) is 0 Å². The van der Waals surface area contributed by atoms with Crippen molar-refractivity contribution in [2.75, 3.05) is 6.61 Å². The van der Waals surface area contributed by atoms with Gasteiger partial charge in [0.25, 0.3) is 0 Å². The zero-order valence-corrected chi connectivity index (χ0v) is 13.6. The van der Waals surface area contributed by atoms with Gasteiger partial charge in [-0.3, -0.25) is 4.57 Å². The van der Waals surface area contributed by atoms with E-state index in [1.807, 2.05) is 37.8 Å². The van der Waals surface area contributed by atoms with Gasteiger partial charge in [0.15, 0.2) is 0 Å². The van der Waals surface area contributed by atoms with Crippen LogP contribution in [0.25, 0.3) is 22.4 Å². The molecule has 4 aromatic rings. The van der Waals surface area contributed by atoms with Crippen molar-refractivity contribution in [3.63, 3.8) is 0 Å². The van der Waals surface area contributed by atoms with Crippen molar-refractivity contribution in [1.29, 1.82) is 0 Å². The molecular weight excluding hydrogens is 298 g/mol. The van der Waals surface area contributed by atoms with Crippen LogP contribution in [0.1, 0.15) is 12.5 Å². The summed E-state index contributed by atoms with van der Waals surface area (Å²) in [5.41, 5.74) is 5.46. The van der Waals surface area contributed by atoms with Crippen LogP contribution < -0.4 is 0 Å². The molecule has 0 fully saturated rings. The normalized spacial score (nSPS) is 11.2. The van der Waals surface area contributed by atoms with Crippen molar-refractivity contribution in [2.45, 2.75) is 13.5 Å². The predicted molar refractivity (Wildman–Crippen MR) is 95.7 cm³/mol. The first-order valence-electron chi connectivity index (χ1n) is 8.12. The molecule has 24 heavy (non-hydrogen) atoms. The van der Waals surface area contributed by atoms with Gasteiger partial charge in [-0.1, -0.05) is 12.1 Å². The summed E-state index contributed by atoms with van der Waals surface area (Å²) >= 11 is 0. The molecule has 4 nitrogen and oxygen atoms in total. The van der Waals surface area contributed by atoms with Gasteiger partial charge >= 0.3 is 0 Å². The first-order chi connectivity index (χ1) is 11.8. The fourth-order valence-corrected chi connectivity index (χ4v) is 2.88. The van der Waals surface area contributed by atoms with E-state index < -0.39 is 0 Å². The second-order valence-electron chi connectivity index (χ2n) is 5.68. The molecule has 2 aromatic carbocycles. The minimum atomic E-state index is 0.627. The number of hydrogen-bond acceptors (Lipinski definition) is 2. The third-order valence-electron chi connectivity index (χ3n) is 4.10. The summed E-state index contributed by atoms with van der Waals surface area (Å²) in [6.07, 6.45) is 5.97. The maximum absolute atomic E-state index is 5.48. The second-order valence-corrected chi connectivity index (χ2v) is 5.68. The molecule has 0 atom stereocenters. The Hall–Kier alpha value is -2.85. The molecule has 0 aliphatic rings. The van der Waals surface area contributed by atoms with Gasteiger partial charge < -0.3 is 9.30 Å². The van der Waals surface area contributed by atoms with Gasteiger partial charge in [0, 0.05) is 30.4 Å². The topological polar surface area (TPSA) is 32.0 Å². The molecule has 0 saturated heterocycles. The Labute approximate surface area is 140 Å². The van der Waals surface area contributed by atoms with Crippen LogP contribution in [0.3, 0.4) is 0 Å². The molecule has 2 aromatic heterocycles. The van der Waals surface area contributed by atoms with Crippen LogP contribution >= 0.6 is 0 Å². The van der Waals surface area contributed by atoms with Gasteiger partial charge in [-0.25, -0.2) is 4.98 Å². The van der Waals surface area contributed by atoms with E-state index in [0.29, 0.717) is 6.61 Å². The number of imidazole rings is 1. The predicted octanol–water partition coefficient (Wildman–Crippen LogP) is 4.35. The molecule has 0 spiro atoms. The summed E-state index contributed by atoms with van der Waals surface area (Å²) in [4.78, 5) is 4.56. The maximum Gasteiger partial charge on any atom is 0.100 e. The highest BCUT2D eigenvalue weighted by Crippen LogP contribution is 2.21. The third kappa shape index (κ3) is 2.72. The molecule has 0 N–H and O–H groups in total. The largest absolute Gasteiger partial charge is 0.377 e. The maximum atomic E-state index is 5.48. The van der Waals surface area contributed by atoms with Crippen LogP contribution in [0, 0.1) is 0 Å². The highest BCUT2D eigenvalue weighted by Gasteiger charge is 2.07. The molecule has 0 unspecified atom stereocenters. The Morgan fingerprint density at radius 2 is 1.79 bits per heavy atom. The van der Waals surface area contributed by atoms with E-state index >= 15 is 0 Å². The van der Waals surface area contributed by atoms with Crippen LogP contribution in [0.15, 0.2) is 73.3 Å². The van der Waals surface area contributed by atoms with Crippen molar-refractivity contribution in [1.82, 2.24) is 14.1 Å². The lowest BCUT2D eigenvalue weighted by Gasteiger charge is -2.09. The van der Waals surface area contributed by atoms with E-state index in [1.165, 1.54) is 0 Å². The minimum Gasteiger partial charge on any atom is -0.377 e. The first-order valence-corrected chi connectivity index (χ1v) is 8.12. The Morgan fingerprint density at radius 1 is 0.958 bits per heavy atom. The Bertz CT molecular complexity index is 954. The minimum absolute atomic E-state index is 0.627. The van der Waals surface area contributed by atoms with Crippen LogP contribution in [0.5, 0.6) is 0 Å². The Morgan fingerprint density at radius 3 is 2.62 bits per heavy atom. The smallest absolute Gasteiger partial charge is 0.100 e. The number of aromatic nitrogens is 3. The number of nitrogens with zero attached hydrogens (tertiary/aromatic N) is 3. The summed E-state index contributed by atoms with van der Waals surface area (Å²) in [6, 6.07) is 18.8. The molecule has 0 saturated carbocycles. The van der Waals surface area contributed by atoms with E-state index in [2.05, 4.69) is 56.6 Å². The molecular formula is C20H19N3O. The third-order valence-corrected chi connectivity index (χ3v) is 4.10. The van der Waals surface area contributed by atoms with Gasteiger partial charge in [-0.15, -0.1) is 0 Å². The number of rotatable bonds is 5. The van der Waals surface area contributed by atoms with Gasteiger partial charge in [0.05, 0.1) is 17.6 Å². The standard InChI is InChI=1S/C20H19N3O/c1-2-24-14-16-8-9-20-19(12-16)21-15-23(20)18-7-5-6-17(13-18)22-10-3-4-11-22/h3-13,15H,2,14H2,1H3. The first kappa shape index (κ1) is 14.7. The van der Waals surface area contributed by atoms with E-state index in [9.17, 15) is 0 Å². The molecule has 120 valence electrons. The lowest BCUT2D eigenvalue weighted by molar-refractivity contribution is 0.134. The lowest BCUT2D eigenvalue weighted by Crippen LogP contribution is -1.96. The highest BCUT2D eigenvalue weighted by molar-refractivity contribution is 5.78. The monoisotopic (exact) mass is 317 g/mol. The van der Waals surface area contributed by atoms with E-state index in [4.69, 9.17) is 4.74 Å². The van der Waals surface area contributed by atoms with Gasteiger partial charge in [0.1, 0.15) is 6.33 Å². The zero-order chi connectivity index (χ0) is 16.4. The fraction of sp³-hybridized carbons (Fsp3) is 0.150. The summed E-state index contributed by atoms with van der Waals surface area (Å²) < 4.78 is 9.70. The summed E-state index contributed by atoms with van der Waals surface area (Å²) in [5, 5.41) is 0. The second kappa shape index (κ2) is 6.34. The molecule has 2 heterocycles. The van der Waals surface area contributed by atoms with Gasteiger partial charge in [-0.2, -0.15) is 0 Å². The van der Waals surface area contributed by atoms with Gasteiger partial charge in [0.2, 0.25) is 0 Å². The zero-order valence-electron chi connectivity index (χ0n) is 13.6. The Kier molecular flexibility index (Phi) is 3.89. The molecule has 4 heteroatoms. The molecule has 0 amide bonds. The summed E-state index contributed by atoms with van der Waals surface area (Å²) in [5.74, 6) is 0. The molecule has 0 aliphatic carbocycles. The SMILES string of the molecule is CCOCc1ccc2c(c1)ncn2-c1cccc(-n2cccc2)c1. The van der Waals surface area contributed by atoms with Crippen molar-refractivity contribution in [3.8, 4) is 11.4 Å². The molecule has 0 aliphatic heterocycles. The summed E-state index contributed by atoms with van der Waals surface area (Å²) in [6.45, 7) is 3.35. The number of hydrogen-bond donors (Lipinski definition) is 0. The van der Waals surface area contributed by atoms with E-state index in [1.54, 1.807) is 0 Å². The van der Waals surface area contributed by atoms with E-state index in [-0.39, 0.29) is 0 Å². The summed E-state index contributed by atoms with van der Waals surface area (Å²) in [7, 11) is 0. The Balaban J connectivity index is 1.73. The van der Waals surface area contributed by atoms with Crippen LogP contribution in [-0.4, -0.2) is 20.7 Å². The fourth-order valence-electron chi connectivity index (χ4n) is 2.88. The number of ether oxygens (including phenoxy) is 1. The van der Waals surface area contributed by atoms with Crippen molar-refractivity contribution < 1.29 is 4.74 Å². The van der Waals surface area contributed by atoms with Crippen LogP contribution in [0.2, 0.25) is 0 Å². The van der Waals surface area contributed by atoms with Crippen LogP contribution in [0.4, 0.5) is 0 Å². The van der Waals surface area contributed by atoms with Crippen molar-refractivity contribution >= 4 is 11.0 Å². The number of fused-ring (bicyclic) bond motifs is 1. The molecule has 0 bridgehead atoms. The molecule has 0 radical (unpaired) electrons. The average molecular weight is 317 g/mol. The highest BCUT2D eigenvalue weighted by atomic mass is 16.5. The molecule has 4 rings (SSSR count). The average Bonchev–Trinajstić information content (AvgIpc) is 3.29. The van der Waals surface area contributed by atoms with E-state index in [0.717, 1.165) is 34.6 Å². The van der Waals surface area contributed by atoms with Crippen molar-refractivity contribution in [3.05, 3.63) is 78.9 Å². The lowest BCUT2D eigenvalue weighted by atomic mass is 10.2. The van der Waals surface area contributed by atoms with Crippen LogP contribution in [-0.2, 0) is 11.3 Å². The number of benzene rings is 2. The van der Waals surface area contributed by atoms with Gasteiger partial charge in [-0.05, 0) is 55.0 Å².